The van der Waals surface area contributed by atoms with Gasteiger partial charge in [0.2, 0.25) is 0 Å². The second-order valence-corrected chi connectivity index (χ2v) is 3.68. The first kappa shape index (κ1) is 12.1. The average molecular weight is 212 g/mol. The smallest absolute Gasteiger partial charge is 0.140 e. The fourth-order valence-corrected chi connectivity index (χ4v) is 1.46. The van der Waals surface area contributed by atoms with Gasteiger partial charge in [-0.25, -0.2) is 9.67 Å². The minimum Gasteiger partial charge on any atom is -0.384 e. The fourth-order valence-electron chi connectivity index (χ4n) is 1.46. The quantitative estimate of drug-likeness (QED) is 0.722. The van der Waals surface area contributed by atoms with Crippen LogP contribution in [0.5, 0.6) is 0 Å². The molecule has 1 unspecified atom stereocenters. The minimum absolute atomic E-state index is 0.521. The lowest BCUT2D eigenvalue weighted by Gasteiger charge is -2.11. The molecule has 0 aliphatic carbocycles. The highest BCUT2D eigenvalue weighted by Crippen LogP contribution is 1.96. The number of methoxy groups -OCH3 is 1. The first-order valence-electron chi connectivity index (χ1n) is 5.34. The van der Waals surface area contributed by atoms with Crippen LogP contribution in [0, 0.1) is 5.92 Å². The highest BCUT2D eigenvalue weighted by atomic mass is 16.5. The van der Waals surface area contributed by atoms with Crippen molar-refractivity contribution in [3.8, 4) is 0 Å². The van der Waals surface area contributed by atoms with Gasteiger partial charge in [0.25, 0.3) is 0 Å². The van der Waals surface area contributed by atoms with E-state index in [2.05, 4.69) is 29.2 Å². The lowest BCUT2D eigenvalue weighted by Crippen LogP contribution is -2.25. The largest absolute Gasteiger partial charge is 0.384 e. The van der Waals surface area contributed by atoms with Gasteiger partial charge in [0.15, 0.2) is 0 Å². The van der Waals surface area contributed by atoms with E-state index >= 15 is 0 Å². The van der Waals surface area contributed by atoms with Gasteiger partial charge in [0, 0.05) is 26.8 Å². The predicted molar refractivity (Wildman–Crippen MR) is 58.4 cm³/mol. The number of hydrogen-bond acceptors (Lipinski definition) is 4. The molecule has 1 N–H and O–H groups in total. The Bertz CT molecular complexity index is 274. The zero-order chi connectivity index (χ0) is 11.1. The third kappa shape index (κ3) is 3.97. The Morgan fingerprint density at radius 1 is 1.60 bits per heavy atom. The summed E-state index contributed by atoms with van der Waals surface area (Å²) in [7, 11) is 1.73. The van der Waals surface area contributed by atoms with E-state index in [1.54, 1.807) is 13.4 Å². The second-order valence-electron chi connectivity index (χ2n) is 3.68. The lowest BCUT2D eigenvalue weighted by atomic mass is 10.2. The number of aromatic nitrogens is 3. The normalized spacial score (nSPS) is 13.0. The number of nitrogens with zero attached hydrogens (tertiary/aromatic N) is 3. The van der Waals surface area contributed by atoms with Crippen molar-refractivity contribution in [2.45, 2.75) is 26.9 Å². The van der Waals surface area contributed by atoms with Crippen LogP contribution in [0.4, 0.5) is 0 Å². The SMILES string of the molecule is CCn1ncnc1CNCC(C)COC. The Labute approximate surface area is 90.8 Å². The highest BCUT2D eigenvalue weighted by molar-refractivity contribution is 4.83. The minimum atomic E-state index is 0.521. The van der Waals surface area contributed by atoms with E-state index in [4.69, 9.17) is 4.74 Å². The van der Waals surface area contributed by atoms with Gasteiger partial charge in [-0.3, -0.25) is 0 Å². The summed E-state index contributed by atoms with van der Waals surface area (Å²) in [4.78, 5) is 4.19. The molecule has 0 bridgehead atoms. The standard InChI is InChI=1S/C10H20N4O/c1-4-14-10(12-8-13-14)6-11-5-9(2)7-15-3/h8-9,11H,4-7H2,1-3H3. The van der Waals surface area contributed by atoms with Gasteiger partial charge >= 0.3 is 0 Å². The molecule has 0 aliphatic heterocycles. The molecule has 1 rings (SSSR count). The fraction of sp³-hybridized carbons (Fsp3) is 0.800. The maximum atomic E-state index is 5.06. The Morgan fingerprint density at radius 3 is 3.07 bits per heavy atom. The summed E-state index contributed by atoms with van der Waals surface area (Å²) in [5.74, 6) is 1.51. The lowest BCUT2D eigenvalue weighted by molar-refractivity contribution is 0.158. The zero-order valence-corrected chi connectivity index (χ0v) is 9.73. The summed E-state index contributed by atoms with van der Waals surface area (Å²) >= 11 is 0. The van der Waals surface area contributed by atoms with E-state index in [-0.39, 0.29) is 0 Å². The molecule has 0 spiro atoms. The molecule has 0 radical (unpaired) electrons. The van der Waals surface area contributed by atoms with Gasteiger partial charge in [0.05, 0.1) is 6.54 Å². The van der Waals surface area contributed by atoms with E-state index in [9.17, 15) is 0 Å². The van der Waals surface area contributed by atoms with Crippen molar-refractivity contribution in [3.63, 3.8) is 0 Å². The molecule has 1 aromatic heterocycles. The molecule has 1 aromatic rings. The molecule has 0 fully saturated rings. The summed E-state index contributed by atoms with van der Waals surface area (Å²) in [6.45, 7) is 7.57. The monoisotopic (exact) mass is 212 g/mol. The molecule has 0 saturated carbocycles. The van der Waals surface area contributed by atoms with Gasteiger partial charge in [-0.2, -0.15) is 5.10 Å². The van der Waals surface area contributed by atoms with E-state index < -0.39 is 0 Å². The average Bonchev–Trinajstić information content (AvgIpc) is 2.66. The molecule has 5 nitrogen and oxygen atoms in total. The summed E-state index contributed by atoms with van der Waals surface area (Å²) in [6, 6.07) is 0. The topological polar surface area (TPSA) is 52.0 Å². The predicted octanol–water partition coefficient (Wildman–Crippen LogP) is 0.670. The Morgan fingerprint density at radius 2 is 2.40 bits per heavy atom. The van der Waals surface area contributed by atoms with Gasteiger partial charge in [-0.05, 0) is 12.8 Å². The maximum absolute atomic E-state index is 5.06. The van der Waals surface area contributed by atoms with E-state index in [0.717, 1.165) is 32.1 Å². The first-order chi connectivity index (χ1) is 7.27. The van der Waals surface area contributed by atoms with Crippen LogP contribution in [0.1, 0.15) is 19.7 Å². The maximum Gasteiger partial charge on any atom is 0.140 e. The molecule has 0 saturated heterocycles. The number of hydrogen-bond donors (Lipinski definition) is 1. The van der Waals surface area contributed by atoms with Crippen molar-refractivity contribution in [1.29, 1.82) is 0 Å². The van der Waals surface area contributed by atoms with Crippen molar-refractivity contribution in [2.24, 2.45) is 5.92 Å². The molecule has 1 heterocycles. The molecule has 5 heteroatoms. The number of aryl methyl sites for hydroxylation is 1. The van der Waals surface area contributed by atoms with Crippen molar-refractivity contribution in [1.82, 2.24) is 20.1 Å². The van der Waals surface area contributed by atoms with Crippen LogP contribution < -0.4 is 5.32 Å². The second kappa shape index (κ2) is 6.53. The third-order valence-corrected chi connectivity index (χ3v) is 2.22. The number of nitrogens with one attached hydrogen (secondary N) is 1. The van der Waals surface area contributed by atoms with Crippen LogP contribution in [0.25, 0.3) is 0 Å². The van der Waals surface area contributed by atoms with Gasteiger partial charge in [0.1, 0.15) is 12.2 Å². The van der Waals surface area contributed by atoms with E-state index in [1.165, 1.54) is 0 Å². The van der Waals surface area contributed by atoms with Crippen LogP contribution in [-0.4, -0.2) is 35.0 Å². The Balaban J connectivity index is 2.25. The zero-order valence-electron chi connectivity index (χ0n) is 9.73. The van der Waals surface area contributed by atoms with Gasteiger partial charge in [-0.15, -0.1) is 0 Å². The summed E-state index contributed by atoms with van der Waals surface area (Å²) < 4.78 is 6.96. The Kier molecular flexibility index (Phi) is 5.28. The molecular weight excluding hydrogens is 192 g/mol. The van der Waals surface area contributed by atoms with Crippen molar-refractivity contribution < 1.29 is 4.74 Å². The van der Waals surface area contributed by atoms with E-state index in [0.29, 0.717) is 5.92 Å². The van der Waals surface area contributed by atoms with Crippen LogP contribution in [0.2, 0.25) is 0 Å². The van der Waals surface area contributed by atoms with Gasteiger partial charge < -0.3 is 10.1 Å². The summed E-state index contributed by atoms with van der Waals surface area (Å²) in [6.07, 6.45) is 1.60. The van der Waals surface area contributed by atoms with Crippen LogP contribution in [0.15, 0.2) is 6.33 Å². The summed E-state index contributed by atoms with van der Waals surface area (Å²) in [5.41, 5.74) is 0. The number of ether oxygens (including phenoxy) is 1. The number of rotatable bonds is 7. The van der Waals surface area contributed by atoms with Crippen LogP contribution in [0.3, 0.4) is 0 Å². The molecular formula is C10H20N4O. The van der Waals surface area contributed by atoms with Crippen molar-refractivity contribution in [2.75, 3.05) is 20.3 Å². The van der Waals surface area contributed by atoms with E-state index in [1.807, 2.05) is 4.68 Å². The highest BCUT2D eigenvalue weighted by Gasteiger charge is 2.04. The molecule has 0 aromatic carbocycles. The van der Waals surface area contributed by atoms with Crippen molar-refractivity contribution >= 4 is 0 Å². The van der Waals surface area contributed by atoms with Crippen LogP contribution in [-0.2, 0) is 17.8 Å². The summed E-state index contributed by atoms with van der Waals surface area (Å²) in [5, 5.41) is 7.45. The molecule has 1 atom stereocenters. The van der Waals surface area contributed by atoms with Crippen LogP contribution >= 0.6 is 0 Å². The first-order valence-corrected chi connectivity index (χ1v) is 5.34. The Hall–Kier alpha value is -0.940. The molecule has 0 amide bonds. The third-order valence-electron chi connectivity index (χ3n) is 2.22. The van der Waals surface area contributed by atoms with Crippen molar-refractivity contribution in [3.05, 3.63) is 12.2 Å². The molecule has 86 valence electrons. The molecule has 15 heavy (non-hydrogen) atoms. The molecule has 0 aliphatic rings. The van der Waals surface area contributed by atoms with Gasteiger partial charge in [-0.1, -0.05) is 6.92 Å².